The van der Waals surface area contributed by atoms with Gasteiger partial charge in [0.1, 0.15) is 12.6 Å². The highest BCUT2D eigenvalue weighted by Gasteiger charge is 2.34. The van der Waals surface area contributed by atoms with Gasteiger partial charge in [-0.3, -0.25) is 13.9 Å². The first-order valence-electron chi connectivity index (χ1n) is 12.9. The van der Waals surface area contributed by atoms with Crippen LogP contribution in [0.5, 0.6) is 0 Å². The standard InChI is InChI=1S/C30H34Cl3N3O4S/c1-20-11-14-24(17-25(20)32)36(41(5,39)40)19-28(37)35(18-22-12-13-23(31)16-26(22)33)27(29(38)34-30(2,3)4)15-21-9-7-6-8-10-21/h6-14,16-17,27H,15,18-19H2,1-5H3,(H,34,38)/t27-/m1/s1. The van der Waals surface area contributed by atoms with Gasteiger partial charge in [-0.2, -0.15) is 0 Å². The molecular weight excluding hydrogens is 605 g/mol. The zero-order chi connectivity index (χ0) is 30.5. The van der Waals surface area contributed by atoms with E-state index in [9.17, 15) is 18.0 Å². The molecule has 0 aliphatic rings. The van der Waals surface area contributed by atoms with Crippen LogP contribution in [0.4, 0.5) is 5.69 Å². The number of amides is 2. The maximum Gasteiger partial charge on any atom is 0.244 e. The first-order valence-corrected chi connectivity index (χ1v) is 15.9. The lowest BCUT2D eigenvalue weighted by Crippen LogP contribution is -2.56. The van der Waals surface area contributed by atoms with E-state index in [1.165, 1.54) is 11.0 Å². The monoisotopic (exact) mass is 637 g/mol. The van der Waals surface area contributed by atoms with Crippen LogP contribution in [0.15, 0.2) is 66.7 Å². The van der Waals surface area contributed by atoms with Crippen molar-refractivity contribution in [2.24, 2.45) is 0 Å². The number of hydrogen-bond acceptors (Lipinski definition) is 4. The summed E-state index contributed by atoms with van der Waals surface area (Å²) in [5.74, 6) is -0.979. The molecule has 0 heterocycles. The van der Waals surface area contributed by atoms with Crippen LogP contribution in [0, 0.1) is 6.92 Å². The Morgan fingerprint density at radius 3 is 2.15 bits per heavy atom. The normalized spacial score (nSPS) is 12.5. The summed E-state index contributed by atoms with van der Waals surface area (Å²) in [4.78, 5) is 29.3. The second-order valence-electron chi connectivity index (χ2n) is 10.9. The van der Waals surface area contributed by atoms with Crippen molar-refractivity contribution < 1.29 is 18.0 Å². The molecule has 2 amide bonds. The number of benzene rings is 3. The minimum atomic E-state index is -3.91. The number of carbonyl (C=O) groups is 2. The largest absolute Gasteiger partial charge is 0.350 e. The van der Waals surface area contributed by atoms with Gasteiger partial charge in [0.2, 0.25) is 21.8 Å². The van der Waals surface area contributed by atoms with Crippen molar-refractivity contribution in [2.45, 2.75) is 52.2 Å². The van der Waals surface area contributed by atoms with Crippen molar-refractivity contribution in [2.75, 3.05) is 17.1 Å². The highest BCUT2D eigenvalue weighted by atomic mass is 35.5. The SMILES string of the molecule is Cc1ccc(N(CC(=O)N(Cc2ccc(Cl)cc2Cl)[C@H](Cc2ccccc2)C(=O)NC(C)(C)C)S(C)(=O)=O)cc1Cl. The fraction of sp³-hybridized carbons (Fsp3) is 0.333. The third-order valence-electron chi connectivity index (χ3n) is 6.25. The summed E-state index contributed by atoms with van der Waals surface area (Å²) in [7, 11) is -3.91. The molecule has 0 radical (unpaired) electrons. The maximum absolute atomic E-state index is 14.1. The zero-order valence-corrected chi connectivity index (χ0v) is 26.7. The van der Waals surface area contributed by atoms with Gasteiger partial charge < -0.3 is 10.2 Å². The van der Waals surface area contributed by atoms with E-state index < -0.39 is 34.1 Å². The zero-order valence-electron chi connectivity index (χ0n) is 23.6. The van der Waals surface area contributed by atoms with Crippen LogP contribution in [0.25, 0.3) is 0 Å². The first kappa shape index (κ1) is 32.7. The van der Waals surface area contributed by atoms with E-state index in [2.05, 4.69) is 5.32 Å². The molecular formula is C30H34Cl3N3O4S. The number of halogens is 3. The van der Waals surface area contributed by atoms with Crippen LogP contribution in [0.1, 0.15) is 37.5 Å². The third-order valence-corrected chi connectivity index (χ3v) is 8.38. The number of anilines is 1. The van der Waals surface area contributed by atoms with E-state index >= 15 is 0 Å². The van der Waals surface area contributed by atoms with Crippen LogP contribution >= 0.6 is 34.8 Å². The quantitative estimate of drug-likeness (QED) is 0.283. The van der Waals surface area contributed by atoms with Gasteiger partial charge in [0.05, 0.1) is 11.9 Å². The van der Waals surface area contributed by atoms with Crippen LogP contribution < -0.4 is 9.62 Å². The van der Waals surface area contributed by atoms with Gasteiger partial charge >= 0.3 is 0 Å². The van der Waals surface area contributed by atoms with Gasteiger partial charge in [-0.15, -0.1) is 0 Å². The number of sulfonamides is 1. The van der Waals surface area contributed by atoms with E-state index in [4.69, 9.17) is 34.8 Å². The average molecular weight is 639 g/mol. The van der Waals surface area contributed by atoms with Gasteiger partial charge in [-0.25, -0.2) is 8.42 Å². The Morgan fingerprint density at radius 2 is 1.59 bits per heavy atom. The number of nitrogens with zero attached hydrogens (tertiary/aromatic N) is 2. The highest BCUT2D eigenvalue weighted by molar-refractivity contribution is 7.92. The molecule has 0 saturated carbocycles. The van der Waals surface area contributed by atoms with Gasteiger partial charge in [0, 0.05) is 33.6 Å². The third kappa shape index (κ3) is 9.36. The fourth-order valence-corrected chi connectivity index (χ4v) is 5.68. The molecule has 0 aromatic heterocycles. The van der Waals surface area contributed by atoms with E-state index in [0.29, 0.717) is 20.6 Å². The second kappa shape index (κ2) is 13.5. The summed E-state index contributed by atoms with van der Waals surface area (Å²) < 4.78 is 26.8. The smallest absolute Gasteiger partial charge is 0.244 e. The molecule has 11 heteroatoms. The Hall–Kier alpha value is -2.78. The summed E-state index contributed by atoms with van der Waals surface area (Å²) >= 11 is 18.9. The van der Waals surface area contributed by atoms with Crippen molar-refractivity contribution in [3.8, 4) is 0 Å². The van der Waals surface area contributed by atoms with Crippen LogP contribution in [-0.4, -0.2) is 49.5 Å². The van der Waals surface area contributed by atoms with Crippen molar-refractivity contribution in [1.82, 2.24) is 10.2 Å². The van der Waals surface area contributed by atoms with Crippen LogP contribution in [-0.2, 0) is 32.6 Å². The summed E-state index contributed by atoms with van der Waals surface area (Å²) in [5, 5.41) is 4.07. The molecule has 3 aromatic carbocycles. The maximum atomic E-state index is 14.1. The molecule has 0 aliphatic heterocycles. The number of hydrogen-bond donors (Lipinski definition) is 1. The lowest BCUT2D eigenvalue weighted by Gasteiger charge is -2.35. The Labute approximate surface area is 257 Å². The fourth-order valence-electron chi connectivity index (χ4n) is 4.19. The molecule has 0 unspecified atom stereocenters. The lowest BCUT2D eigenvalue weighted by atomic mass is 10.0. The molecule has 1 atom stereocenters. The Kier molecular flexibility index (Phi) is 10.7. The highest BCUT2D eigenvalue weighted by Crippen LogP contribution is 2.27. The predicted octanol–water partition coefficient (Wildman–Crippen LogP) is 6.28. The average Bonchev–Trinajstić information content (AvgIpc) is 2.86. The number of nitrogens with one attached hydrogen (secondary N) is 1. The van der Waals surface area contributed by atoms with Crippen LogP contribution in [0.2, 0.25) is 15.1 Å². The summed E-state index contributed by atoms with van der Waals surface area (Å²) in [6, 6.07) is 18.0. The summed E-state index contributed by atoms with van der Waals surface area (Å²) in [6.45, 7) is 6.72. The predicted molar refractivity (Wildman–Crippen MR) is 167 cm³/mol. The first-order chi connectivity index (χ1) is 19.0. The van der Waals surface area contributed by atoms with Gasteiger partial charge in [0.25, 0.3) is 0 Å². The summed E-state index contributed by atoms with van der Waals surface area (Å²) in [5.41, 5.74) is 1.79. The van der Waals surface area contributed by atoms with E-state index in [1.807, 2.05) is 51.1 Å². The molecule has 3 rings (SSSR count). The van der Waals surface area contributed by atoms with E-state index in [1.54, 1.807) is 37.3 Å². The summed E-state index contributed by atoms with van der Waals surface area (Å²) in [6.07, 6.45) is 1.21. The minimum Gasteiger partial charge on any atom is -0.350 e. The molecule has 0 aliphatic carbocycles. The Bertz CT molecular complexity index is 1510. The molecule has 1 N–H and O–H groups in total. The molecule has 220 valence electrons. The van der Waals surface area contributed by atoms with Gasteiger partial charge in [-0.1, -0.05) is 77.3 Å². The van der Waals surface area contributed by atoms with Crippen molar-refractivity contribution in [1.29, 1.82) is 0 Å². The lowest BCUT2D eigenvalue weighted by molar-refractivity contribution is -0.140. The van der Waals surface area contributed by atoms with Crippen molar-refractivity contribution >= 4 is 62.3 Å². The molecule has 3 aromatic rings. The van der Waals surface area contributed by atoms with Crippen LogP contribution in [0.3, 0.4) is 0 Å². The Morgan fingerprint density at radius 1 is 0.927 bits per heavy atom. The van der Waals surface area contributed by atoms with Gasteiger partial charge in [0.15, 0.2) is 0 Å². The topological polar surface area (TPSA) is 86.8 Å². The molecule has 0 spiro atoms. The van der Waals surface area contributed by atoms with Crippen molar-refractivity contribution in [3.05, 3.63) is 98.5 Å². The number of rotatable bonds is 10. The molecule has 7 nitrogen and oxygen atoms in total. The minimum absolute atomic E-state index is 0.0594. The van der Waals surface area contributed by atoms with Crippen molar-refractivity contribution in [3.63, 3.8) is 0 Å². The van der Waals surface area contributed by atoms with E-state index in [-0.39, 0.29) is 24.6 Å². The second-order valence-corrected chi connectivity index (χ2v) is 14.1. The Balaban J connectivity index is 2.11. The van der Waals surface area contributed by atoms with E-state index in [0.717, 1.165) is 21.7 Å². The molecule has 0 saturated heterocycles. The molecule has 0 bridgehead atoms. The van der Waals surface area contributed by atoms with Gasteiger partial charge in [-0.05, 0) is 68.7 Å². The number of aryl methyl sites for hydroxylation is 1. The number of carbonyl (C=O) groups excluding carboxylic acids is 2. The molecule has 41 heavy (non-hydrogen) atoms. The molecule has 0 fully saturated rings.